The average Bonchev–Trinajstić information content (AvgIpc) is 3.45. The number of rotatable bonds is 5. The van der Waals surface area contributed by atoms with Crippen LogP contribution in [0.15, 0.2) is 36.5 Å². The first-order valence-electron chi connectivity index (χ1n) is 9.00. The third-order valence-corrected chi connectivity index (χ3v) is 5.91. The zero-order valence-electron chi connectivity index (χ0n) is 15.5. The van der Waals surface area contributed by atoms with Gasteiger partial charge in [0.15, 0.2) is 17.3 Å². The molecule has 4 heterocycles. The van der Waals surface area contributed by atoms with Gasteiger partial charge in [-0.3, -0.25) is 4.40 Å². The molecule has 0 aliphatic rings. The molecule has 2 N–H and O–H groups in total. The van der Waals surface area contributed by atoms with Gasteiger partial charge in [-0.05, 0) is 30.5 Å². The van der Waals surface area contributed by atoms with E-state index in [2.05, 4.69) is 72.6 Å². The van der Waals surface area contributed by atoms with Crippen molar-refractivity contribution in [3.8, 4) is 10.4 Å². The lowest BCUT2D eigenvalue weighted by atomic mass is 10.1. The Labute approximate surface area is 164 Å². The highest BCUT2D eigenvalue weighted by atomic mass is 32.1. The van der Waals surface area contributed by atoms with Crippen LogP contribution in [0, 0.1) is 6.92 Å². The first kappa shape index (κ1) is 16.8. The Bertz CT molecular complexity index is 1270. The molecule has 0 bridgehead atoms. The highest BCUT2D eigenvalue weighted by Crippen LogP contribution is 2.35. The Morgan fingerprint density at radius 3 is 2.96 bits per heavy atom. The highest BCUT2D eigenvalue weighted by Gasteiger charge is 2.15. The molecular weight excluding hydrogens is 372 g/mol. The number of benzene rings is 1. The van der Waals surface area contributed by atoms with Gasteiger partial charge in [-0.25, -0.2) is 9.97 Å². The molecule has 140 valence electrons. The highest BCUT2D eigenvalue weighted by molar-refractivity contribution is 7.21. The van der Waals surface area contributed by atoms with E-state index in [4.69, 9.17) is 4.98 Å². The molecule has 0 aliphatic heterocycles. The predicted molar refractivity (Wildman–Crippen MR) is 110 cm³/mol. The van der Waals surface area contributed by atoms with Crippen LogP contribution in [0.25, 0.3) is 26.4 Å². The van der Waals surface area contributed by atoms with E-state index in [1.54, 1.807) is 11.3 Å². The van der Waals surface area contributed by atoms with Crippen LogP contribution in [0.1, 0.15) is 17.1 Å². The fourth-order valence-electron chi connectivity index (χ4n) is 3.38. The Hall–Kier alpha value is -3.33. The van der Waals surface area contributed by atoms with Crippen LogP contribution in [0.5, 0.6) is 0 Å². The number of hydrogen-bond acceptors (Lipinski definition) is 7. The maximum atomic E-state index is 4.76. The van der Waals surface area contributed by atoms with E-state index in [0.29, 0.717) is 0 Å². The Kier molecular flexibility index (Phi) is 4.01. The van der Waals surface area contributed by atoms with Crippen LogP contribution in [0.2, 0.25) is 0 Å². The van der Waals surface area contributed by atoms with Crippen LogP contribution in [0.4, 0.5) is 5.82 Å². The summed E-state index contributed by atoms with van der Waals surface area (Å²) in [5, 5.41) is 17.3. The van der Waals surface area contributed by atoms with E-state index in [0.717, 1.165) is 46.2 Å². The summed E-state index contributed by atoms with van der Waals surface area (Å²) in [5.41, 5.74) is 5.35. The molecule has 0 saturated carbocycles. The molecule has 28 heavy (non-hydrogen) atoms. The van der Waals surface area contributed by atoms with Crippen molar-refractivity contribution in [1.82, 2.24) is 35.0 Å². The van der Waals surface area contributed by atoms with E-state index in [9.17, 15) is 0 Å². The van der Waals surface area contributed by atoms with Crippen LogP contribution in [0.3, 0.4) is 0 Å². The quantitative estimate of drug-likeness (QED) is 0.478. The normalized spacial score (nSPS) is 11.5. The number of H-pyrrole nitrogens is 1. The Morgan fingerprint density at radius 2 is 2.14 bits per heavy atom. The Balaban J connectivity index is 1.55. The topological polar surface area (TPSA) is 96.7 Å². The third-order valence-electron chi connectivity index (χ3n) is 4.75. The minimum absolute atomic E-state index is 0.731. The van der Waals surface area contributed by atoms with E-state index in [1.807, 2.05) is 13.2 Å². The predicted octanol–water partition coefficient (Wildman–Crippen LogP) is 3.26. The van der Waals surface area contributed by atoms with Gasteiger partial charge in [0.25, 0.3) is 0 Å². The molecule has 0 fully saturated rings. The lowest BCUT2D eigenvalue weighted by molar-refractivity contribution is 0.864. The van der Waals surface area contributed by atoms with Crippen molar-refractivity contribution in [2.75, 3.05) is 12.4 Å². The largest absolute Gasteiger partial charge is 0.370 e. The summed E-state index contributed by atoms with van der Waals surface area (Å²) >= 11 is 1.74. The van der Waals surface area contributed by atoms with Gasteiger partial charge in [-0.15, -0.1) is 21.5 Å². The zero-order chi connectivity index (χ0) is 19.1. The first-order chi connectivity index (χ1) is 13.7. The van der Waals surface area contributed by atoms with Crippen molar-refractivity contribution in [3.63, 3.8) is 0 Å². The van der Waals surface area contributed by atoms with Crippen LogP contribution >= 0.6 is 11.3 Å². The summed E-state index contributed by atoms with van der Waals surface area (Å²) in [7, 11) is 1.87. The van der Waals surface area contributed by atoms with Crippen molar-refractivity contribution >= 4 is 33.1 Å². The molecule has 5 aromatic rings. The number of nitrogens with zero attached hydrogens (tertiary/aromatic N) is 6. The molecule has 0 radical (unpaired) electrons. The van der Waals surface area contributed by atoms with Crippen LogP contribution < -0.4 is 5.32 Å². The van der Waals surface area contributed by atoms with Gasteiger partial charge < -0.3 is 5.32 Å². The Morgan fingerprint density at radius 1 is 1.21 bits per heavy atom. The van der Waals surface area contributed by atoms with Crippen LogP contribution in [-0.4, -0.2) is 42.0 Å². The van der Waals surface area contributed by atoms with Gasteiger partial charge >= 0.3 is 0 Å². The second kappa shape index (κ2) is 6.68. The number of tetrazole rings is 1. The maximum Gasteiger partial charge on any atom is 0.181 e. The number of imidazole rings is 1. The molecule has 9 heteroatoms. The van der Waals surface area contributed by atoms with Crippen molar-refractivity contribution in [2.24, 2.45) is 0 Å². The molecule has 0 unspecified atom stereocenters. The molecule has 8 nitrogen and oxygen atoms in total. The SMILES string of the molecule is CNc1nc2cc(-c3cccc(CCc4nn[nH]n4)c3)sc2n2c(C)cnc12. The molecular formula is C19H18N8S. The number of nitrogens with one attached hydrogen (secondary N) is 2. The summed E-state index contributed by atoms with van der Waals surface area (Å²) in [5.74, 6) is 1.52. The summed E-state index contributed by atoms with van der Waals surface area (Å²) in [6, 6.07) is 10.7. The van der Waals surface area contributed by atoms with Gasteiger partial charge in [0.2, 0.25) is 0 Å². The number of thiophene rings is 1. The average molecular weight is 390 g/mol. The number of fused-ring (bicyclic) bond motifs is 3. The fraction of sp³-hybridized carbons (Fsp3) is 0.211. The summed E-state index contributed by atoms with van der Waals surface area (Å²) in [6.45, 7) is 2.07. The van der Waals surface area contributed by atoms with Crippen molar-refractivity contribution in [3.05, 3.63) is 53.6 Å². The van der Waals surface area contributed by atoms with Crippen molar-refractivity contribution in [1.29, 1.82) is 0 Å². The minimum Gasteiger partial charge on any atom is -0.370 e. The molecule has 0 atom stereocenters. The lowest BCUT2D eigenvalue weighted by Gasteiger charge is -2.04. The molecule has 0 saturated heterocycles. The van der Waals surface area contributed by atoms with E-state index in [1.165, 1.54) is 16.0 Å². The number of hydrogen-bond donors (Lipinski definition) is 2. The molecule has 0 aliphatic carbocycles. The summed E-state index contributed by atoms with van der Waals surface area (Å²) < 4.78 is 2.17. The lowest BCUT2D eigenvalue weighted by Crippen LogP contribution is -1.98. The van der Waals surface area contributed by atoms with Crippen LogP contribution in [-0.2, 0) is 12.8 Å². The summed E-state index contributed by atoms with van der Waals surface area (Å²) in [6.07, 6.45) is 3.51. The third kappa shape index (κ3) is 2.80. The summed E-state index contributed by atoms with van der Waals surface area (Å²) in [4.78, 5) is 11.6. The number of aryl methyl sites for hydroxylation is 3. The second-order valence-corrected chi connectivity index (χ2v) is 7.63. The number of anilines is 1. The molecule has 0 spiro atoms. The monoisotopic (exact) mass is 390 g/mol. The standard InChI is InChI=1S/C19H18N8S/c1-11-10-21-18-17(20-2)22-14-9-15(28-19(14)27(11)18)13-5-3-4-12(8-13)6-7-16-23-25-26-24-16/h3-5,8-10H,6-7H2,1-2H3,(H,20,22)(H,23,24,25,26). The van der Waals surface area contributed by atoms with E-state index < -0.39 is 0 Å². The second-order valence-electron chi connectivity index (χ2n) is 6.60. The van der Waals surface area contributed by atoms with Gasteiger partial charge in [-0.2, -0.15) is 5.21 Å². The first-order valence-corrected chi connectivity index (χ1v) is 9.81. The van der Waals surface area contributed by atoms with E-state index in [-0.39, 0.29) is 0 Å². The maximum absolute atomic E-state index is 4.76. The fourth-order valence-corrected chi connectivity index (χ4v) is 4.53. The van der Waals surface area contributed by atoms with Gasteiger partial charge in [0.05, 0.1) is 0 Å². The zero-order valence-corrected chi connectivity index (χ0v) is 16.3. The van der Waals surface area contributed by atoms with Gasteiger partial charge in [-0.1, -0.05) is 29.5 Å². The van der Waals surface area contributed by atoms with Gasteiger partial charge in [0, 0.05) is 30.2 Å². The minimum atomic E-state index is 0.731. The number of aromatic nitrogens is 7. The molecule has 1 aromatic carbocycles. The molecule has 4 aromatic heterocycles. The van der Waals surface area contributed by atoms with Crippen molar-refractivity contribution in [2.45, 2.75) is 19.8 Å². The number of aromatic amines is 1. The van der Waals surface area contributed by atoms with Crippen molar-refractivity contribution < 1.29 is 0 Å². The smallest absolute Gasteiger partial charge is 0.181 e. The molecule has 5 rings (SSSR count). The molecule has 0 amide bonds. The van der Waals surface area contributed by atoms with E-state index >= 15 is 0 Å². The van der Waals surface area contributed by atoms with Gasteiger partial charge in [0.1, 0.15) is 10.3 Å².